The molecule has 146 valence electrons. The summed E-state index contributed by atoms with van der Waals surface area (Å²) in [5.74, 6) is 1.89. The Morgan fingerprint density at radius 2 is 1.93 bits per heavy atom. The third-order valence-electron chi connectivity index (χ3n) is 5.23. The van der Waals surface area contributed by atoms with E-state index in [0.717, 1.165) is 37.7 Å². The predicted molar refractivity (Wildman–Crippen MR) is 105 cm³/mol. The van der Waals surface area contributed by atoms with Crippen LogP contribution in [0.4, 0.5) is 5.69 Å². The van der Waals surface area contributed by atoms with Crippen LogP contribution in [0.1, 0.15) is 25.6 Å². The van der Waals surface area contributed by atoms with E-state index in [1.165, 1.54) is 10.6 Å². The number of quaternary nitrogens is 1. The minimum atomic E-state index is -0.0100. The Hall–Kier alpha value is -2.47. The molecule has 0 aliphatic carbocycles. The van der Waals surface area contributed by atoms with E-state index in [2.05, 4.69) is 22.3 Å². The Labute approximate surface area is 161 Å². The van der Waals surface area contributed by atoms with Crippen molar-refractivity contribution in [2.45, 2.75) is 19.9 Å². The van der Waals surface area contributed by atoms with Crippen molar-refractivity contribution in [3.8, 4) is 5.75 Å². The van der Waals surface area contributed by atoms with E-state index < -0.39 is 0 Å². The van der Waals surface area contributed by atoms with Crippen LogP contribution >= 0.6 is 0 Å². The molecule has 6 nitrogen and oxygen atoms in total. The molecule has 2 N–H and O–H groups in total. The molecule has 1 aromatic carbocycles. The van der Waals surface area contributed by atoms with Gasteiger partial charge in [-0.05, 0) is 36.4 Å². The number of amides is 1. The van der Waals surface area contributed by atoms with Crippen molar-refractivity contribution < 1.29 is 18.8 Å². The SMILES string of the molecule is COc1ccc(N2CC[NH+]([C@H](CNC(=O)C(C)C)c3ccco3)CC2)cc1. The molecule has 1 amide bonds. The number of ether oxygens (including phenoxy) is 1. The second kappa shape index (κ2) is 8.95. The average molecular weight is 372 g/mol. The lowest BCUT2D eigenvalue weighted by Crippen LogP contribution is -3.15. The summed E-state index contributed by atoms with van der Waals surface area (Å²) in [7, 11) is 1.68. The van der Waals surface area contributed by atoms with E-state index in [1.807, 2.05) is 38.1 Å². The Morgan fingerprint density at radius 1 is 1.22 bits per heavy atom. The highest BCUT2D eigenvalue weighted by molar-refractivity contribution is 5.77. The van der Waals surface area contributed by atoms with Crippen molar-refractivity contribution in [3.05, 3.63) is 48.4 Å². The van der Waals surface area contributed by atoms with Crippen LogP contribution in [0.5, 0.6) is 5.75 Å². The summed E-state index contributed by atoms with van der Waals surface area (Å²) in [6.07, 6.45) is 1.71. The molecule has 0 saturated carbocycles. The second-order valence-electron chi connectivity index (χ2n) is 7.31. The van der Waals surface area contributed by atoms with E-state index in [4.69, 9.17) is 9.15 Å². The molecule has 1 aromatic heterocycles. The standard InChI is InChI=1S/C21H29N3O3/c1-16(2)21(25)22-15-19(20-5-4-14-27-20)24-12-10-23(11-13-24)17-6-8-18(26-3)9-7-17/h4-9,14,16,19H,10-13,15H2,1-3H3,(H,22,25)/p+1/t19-/m1/s1. The molecule has 0 bridgehead atoms. The van der Waals surface area contributed by atoms with Crippen molar-refractivity contribution in [2.75, 3.05) is 44.7 Å². The monoisotopic (exact) mass is 372 g/mol. The molecular weight excluding hydrogens is 342 g/mol. The van der Waals surface area contributed by atoms with Crippen molar-refractivity contribution in [1.82, 2.24) is 5.32 Å². The van der Waals surface area contributed by atoms with Crippen LogP contribution in [-0.4, -0.2) is 45.7 Å². The van der Waals surface area contributed by atoms with Crippen LogP contribution in [0.15, 0.2) is 47.1 Å². The van der Waals surface area contributed by atoms with Gasteiger partial charge in [0.15, 0.2) is 11.8 Å². The summed E-state index contributed by atoms with van der Waals surface area (Å²) >= 11 is 0. The van der Waals surface area contributed by atoms with Crippen LogP contribution in [0.25, 0.3) is 0 Å². The summed E-state index contributed by atoms with van der Waals surface area (Å²) in [5, 5.41) is 3.08. The predicted octanol–water partition coefficient (Wildman–Crippen LogP) is 1.51. The molecule has 1 atom stereocenters. The van der Waals surface area contributed by atoms with Gasteiger partial charge in [0.25, 0.3) is 0 Å². The molecule has 2 heterocycles. The second-order valence-corrected chi connectivity index (χ2v) is 7.31. The molecule has 2 aromatic rings. The lowest BCUT2D eigenvalue weighted by atomic mass is 10.1. The molecule has 3 rings (SSSR count). The van der Waals surface area contributed by atoms with Crippen LogP contribution in [0.3, 0.4) is 0 Å². The number of anilines is 1. The molecule has 1 fully saturated rings. The van der Waals surface area contributed by atoms with Gasteiger partial charge >= 0.3 is 0 Å². The van der Waals surface area contributed by atoms with Crippen molar-refractivity contribution in [1.29, 1.82) is 0 Å². The van der Waals surface area contributed by atoms with E-state index in [1.54, 1.807) is 13.4 Å². The Kier molecular flexibility index (Phi) is 6.40. The van der Waals surface area contributed by atoms with E-state index in [0.29, 0.717) is 6.54 Å². The van der Waals surface area contributed by atoms with Gasteiger partial charge in [0.05, 0.1) is 46.1 Å². The summed E-state index contributed by atoms with van der Waals surface area (Å²) in [4.78, 5) is 15.9. The van der Waals surface area contributed by atoms with E-state index in [9.17, 15) is 4.79 Å². The number of hydrogen-bond acceptors (Lipinski definition) is 4. The molecular formula is C21H30N3O3+. The first-order valence-electron chi connectivity index (χ1n) is 9.63. The van der Waals surface area contributed by atoms with Crippen molar-refractivity contribution in [2.24, 2.45) is 5.92 Å². The van der Waals surface area contributed by atoms with Gasteiger partial charge in [-0.2, -0.15) is 0 Å². The zero-order valence-electron chi connectivity index (χ0n) is 16.4. The fraction of sp³-hybridized carbons (Fsp3) is 0.476. The van der Waals surface area contributed by atoms with Gasteiger partial charge in [-0.15, -0.1) is 0 Å². The minimum absolute atomic E-state index is 0.0100. The maximum atomic E-state index is 12.0. The Balaban J connectivity index is 1.62. The van der Waals surface area contributed by atoms with Crippen molar-refractivity contribution >= 4 is 11.6 Å². The highest BCUT2D eigenvalue weighted by Gasteiger charge is 2.31. The smallest absolute Gasteiger partial charge is 0.222 e. The molecule has 27 heavy (non-hydrogen) atoms. The molecule has 1 aliphatic heterocycles. The van der Waals surface area contributed by atoms with Gasteiger partial charge in [-0.25, -0.2) is 0 Å². The van der Waals surface area contributed by atoms with Gasteiger partial charge in [-0.1, -0.05) is 13.8 Å². The molecule has 1 aliphatic rings. The number of piperazine rings is 1. The third kappa shape index (κ3) is 4.83. The van der Waals surface area contributed by atoms with Crippen LogP contribution in [0.2, 0.25) is 0 Å². The van der Waals surface area contributed by atoms with Gasteiger partial charge in [0.2, 0.25) is 5.91 Å². The number of furan rings is 1. The van der Waals surface area contributed by atoms with Gasteiger partial charge in [0, 0.05) is 11.6 Å². The summed E-state index contributed by atoms with van der Waals surface area (Å²) in [5.41, 5.74) is 1.22. The first kappa shape index (κ1) is 19.3. The van der Waals surface area contributed by atoms with E-state index >= 15 is 0 Å². The molecule has 0 unspecified atom stereocenters. The highest BCUT2D eigenvalue weighted by Crippen LogP contribution is 2.19. The first-order chi connectivity index (χ1) is 13.1. The molecule has 0 spiro atoms. The summed E-state index contributed by atoms with van der Waals surface area (Å²) in [6, 6.07) is 12.3. The van der Waals surface area contributed by atoms with Crippen molar-refractivity contribution in [3.63, 3.8) is 0 Å². The Bertz CT molecular complexity index is 705. The Morgan fingerprint density at radius 3 is 2.48 bits per heavy atom. The first-order valence-corrected chi connectivity index (χ1v) is 9.63. The molecule has 1 saturated heterocycles. The lowest BCUT2D eigenvalue weighted by molar-refractivity contribution is -0.932. The number of benzene rings is 1. The van der Waals surface area contributed by atoms with Crippen LogP contribution < -0.4 is 19.9 Å². The fourth-order valence-electron chi connectivity index (χ4n) is 3.54. The van der Waals surface area contributed by atoms with Gasteiger partial charge < -0.3 is 24.3 Å². The largest absolute Gasteiger partial charge is 0.497 e. The van der Waals surface area contributed by atoms with Gasteiger partial charge in [-0.3, -0.25) is 4.79 Å². The summed E-state index contributed by atoms with van der Waals surface area (Å²) in [6.45, 7) is 8.36. The molecule has 0 radical (unpaired) electrons. The number of carbonyl (C=O) groups excluding carboxylic acids is 1. The highest BCUT2D eigenvalue weighted by atomic mass is 16.5. The maximum absolute atomic E-state index is 12.0. The minimum Gasteiger partial charge on any atom is -0.497 e. The van der Waals surface area contributed by atoms with Gasteiger partial charge in [0.1, 0.15) is 5.75 Å². The summed E-state index contributed by atoms with van der Waals surface area (Å²) < 4.78 is 10.9. The fourth-order valence-corrected chi connectivity index (χ4v) is 3.54. The maximum Gasteiger partial charge on any atom is 0.222 e. The normalized spacial score (nSPS) is 16.4. The average Bonchev–Trinajstić information content (AvgIpc) is 3.23. The van der Waals surface area contributed by atoms with Crippen LogP contribution in [0, 0.1) is 5.92 Å². The number of hydrogen-bond donors (Lipinski definition) is 2. The third-order valence-corrected chi connectivity index (χ3v) is 5.23. The number of methoxy groups -OCH3 is 1. The number of nitrogens with zero attached hydrogens (tertiary/aromatic N) is 1. The van der Waals surface area contributed by atoms with E-state index in [-0.39, 0.29) is 17.9 Å². The topological polar surface area (TPSA) is 59.1 Å². The number of carbonyl (C=O) groups is 1. The molecule has 6 heteroatoms. The zero-order valence-corrected chi connectivity index (χ0v) is 16.4. The quantitative estimate of drug-likeness (QED) is 0.774. The van der Waals surface area contributed by atoms with Crippen LogP contribution in [-0.2, 0) is 4.79 Å². The number of nitrogens with one attached hydrogen (secondary N) is 2. The number of rotatable bonds is 7. The lowest BCUT2D eigenvalue weighted by Gasteiger charge is -2.37. The zero-order chi connectivity index (χ0) is 19.2.